The van der Waals surface area contributed by atoms with E-state index in [9.17, 15) is 22.8 Å². The summed E-state index contributed by atoms with van der Waals surface area (Å²) < 4.78 is 39.1. The van der Waals surface area contributed by atoms with Crippen LogP contribution in [0.25, 0.3) is 22.3 Å². The molecule has 0 radical (unpaired) electrons. The molecule has 0 spiro atoms. The average Bonchev–Trinajstić information content (AvgIpc) is 3.35. The van der Waals surface area contributed by atoms with Crippen LogP contribution in [0.3, 0.4) is 0 Å². The number of carbonyl (C=O) groups is 2. The number of fused-ring (bicyclic) bond motifs is 3. The Balaban J connectivity index is 1.12. The monoisotopic (exact) mass is 620 g/mol. The Labute approximate surface area is 264 Å². The highest BCUT2D eigenvalue weighted by Gasteiger charge is 2.47. The molecule has 1 heterocycles. The molecule has 0 atom stereocenters. The number of alkyl halides is 3. The summed E-state index contributed by atoms with van der Waals surface area (Å²) in [5.41, 5.74) is 10.5. The van der Waals surface area contributed by atoms with Gasteiger partial charge >= 0.3 is 6.18 Å². The summed E-state index contributed by atoms with van der Waals surface area (Å²) in [4.78, 5) is 32.7. The maximum atomic E-state index is 13.2. The van der Waals surface area contributed by atoms with Crippen LogP contribution in [0.2, 0.25) is 0 Å². The van der Waals surface area contributed by atoms with E-state index in [0.717, 1.165) is 40.1 Å². The van der Waals surface area contributed by atoms with E-state index >= 15 is 0 Å². The summed E-state index contributed by atoms with van der Waals surface area (Å²) >= 11 is 0. The van der Waals surface area contributed by atoms with Gasteiger partial charge in [0.15, 0.2) is 0 Å². The second kappa shape index (κ2) is 12.2. The van der Waals surface area contributed by atoms with E-state index in [4.69, 9.17) is 5.73 Å². The topological polar surface area (TPSA) is 88.3 Å². The lowest BCUT2D eigenvalue weighted by molar-refractivity contribution is -0.137. The SMILES string of the molecule is CN(CCCC1(C(N)=O)c2ccccc2-c2ccccc21)c1ccc(NC(=O)c2ccccc2-c2ccc(C(F)(F)F)cc2)nc1. The zero-order chi connectivity index (χ0) is 32.5. The lowest BCUT2D eigenvalue weighted by Crippen LogP contribution is -2.41. The Morgan fingerprint density at radius 3 is 1.96 bits per heavy atom. The van der Waals surface area contributed by atoms with Crippen LogP contribution in [0.1, 0.15) is 39.9 Å². The molecule has 232 valence electrons. The van der Waals surface area contributed by atoms with Crippen LogP contribution in [-0.4, -0.2) is 30.4 Å². The molecule has 0 aliphatic heterocycles. The Kier molecular flexibility index (Phi) is 8.08. The van der Waals surface area contributed by atoms with Crippen molar-refractivity contribution in [3.05, 3.63) is 138 Å². The van der Waals surface area contributed by atoms with Crippen molar-refractivity contribution < 1.29 is 22.8 Å². The summed E-state index contributed by atoms with van der Waals surface area (Å²) in [6, 6.07) is 30.8. The van der Waals surface area contributed by atoms with Gasteiger partial charge in [0, 0.05) is 19.2 Å². The van der Waals surface area contributed by atoms with Crippen molar-refractivity contribution in [3.63, 3.8) is 0 Å². The number of amides is 2. The van der Waals surface area contributed by atoms with Gasteiger partial charge in [-0.15, -0.1) is 0 Å². The minimum Gasteiger partial charge on any atom is -0.373 e. The van der Waals surface area contributed by atoms with E-state index in [1.165, 1.54) is 12.1 Å². The second-order valence-electron chi connectivity index (χ2n) is 11.4. The second-order valence-corrected chi connectivity index (χ2v) is 11.4. The number of nitrogens with one attached hydrogen (secondary N) is 1. The van der Waals surface area contributed by atoms with Crippen molar-refractivity contribution in [2.45, 2.75) is 24.4 Å². The van der Waals surface area contributed by atoms with Gasteiger partial charge in [-0.25, -0.2) is 4.98 Å². The van der Waals surface area contributed by atoms with Gasteiger partial charge in [-0.2, -0.15) is 13.2 Å². The summed E-state index contributed by atoms with van der Waals surface area (Å²) in [5, 5.41) is 2.79. The third-order valence-electron chi connectivity index (χ3n) is 8.65. The molecular formula is C37H31F3N4O2. The number of primary amides is 1. The largest absolute Gasteiger partial charge is 0.416 e. The fourth-order valence-electron chi connectivity index (χ4n) is 6.33. The molecule has 2 amide bonds. The highest BCUT2D eigenvalue weighted by atomic mass is 19.4. The maximum absolute atomic E-state index is 13.2. The van der Waals surface area contributed by atoms with E-state index < -0.39 is 23.1 Å². The van der Waals surface area contributed by atoms with E-state index in [1.54, 1.807) is 36.5 Å². The van der Waals surface area contributed by atoms with E-state index in [-0.39, 0.29) is 5.91 Å². The molecule has 3 N–H and O–H groups in total. The first-order valence-electron chi connectivity index (χ1n) is 14.8. The number of nitrogens with two attached hydrogens (primary N) is 1. The van der Waals surface area contributed by atoms with E-state index in [1.807, 2.05) is 66.5 Å². The van der Waals surface area contributed by atoms with Gasteiger partial charge in [0.25, 0.3) is 5.91 Å². The minimum atomic E-state index is -4.44. The van der Waals surface area contributed by atoms with Gasteiger partial charge < -0.3 is 16.0 Å². The number of anilines is 2. The number of rotatable bonds is 9. The number of hydrogen-bond donors (Lipinski definition) is 2. The fraction of sp³-hybridized carbons (Fsp3) is 0.162. The minimum absolute atomic E-state index is 0.309. The van der Waals surface area contributed by atoms with E-state index in [0.29, 0.717) is 41.9 Å². The molecular weight excluding hydrogens is 589 g/mol. The molecule has 9 heteroatoms. The number of halogens is 3. The summed E-state index contributed by atoms with van der Waals surface area (Å²) in [7, 11) is 1.93. The first kappa shape index (κ1) is 30.6. The normalized spacial score (nSPS) is 13.0. The van der Waals surface area contributed by atoms with Gasteiger partial charge in [-0.05, 0) is 76.6 Å². The predicted octanol–water partition coefficient (Wildman–Crippen LogP) is 7.69. The van der Waals surface area contributed by atoms with Crippen LogP contribution in [0, 0.1) is 0 Å². The van der Waals surface area contributed by atoms with Gasteiger partial charge in [0.05, 0.1) is 22.9 Å². The first-order valence-corrected chi connectivity index (χ1v) is 14.8. The molecule has 0 unspecified atom stereocenters. The molecule has 0 bridgehead atoms. The Morgan fingerprint density at radius 1 is 0.804 bits per heavy atom. The molecule has 0 saturated heterocycles. The smallest absolute Gasteiger partial charge is 0.373 e. The predicted molar refractivity (Wildman–Crippen MR) is 173 cm³/mol. The van der Waals surface area contributed by atoms with Crippen molar-refractivity contribution in [1.82, 2.24) is 4.98 Å². The molecule has 1 aliphatic carbocycles. The van der Waals surface area contributed by atoms with Crippen LogP contribution in [0.15, 0.2) is 115 Å². The quantitative estimate of drug-likeness (QED) is 0.177. The standard InChI is InChI=1S/C37H31F3N4O2/c1-44(22-8-21-36(35(41)46)31-13-6-4-10-28(31)29-11-5-7-14-32(29)36)26-19-20-33(42-23-26)43-34(45)30-12-3-2-9-27(30)24-15-17-25(18-16-24)37(38,39)40/h2-7,9-20,23H,8,21-22H2,1H3,(H2,41,46)(H,42,43,45). The van der Waals surface area contributed by atoms with Crippen LogP contribution >= 0.6 is 0 Å². The molecule has 0 saturated carbocycles. The number of carbonyl (C=O) groups excluding carboxylic acids is 2. The molecule has 6 nitrogen and oxygen atoms in total. The third kappa shape index (κ3) is 5.60. The van der Waals surface area contributed by atoms with Crippen molar-refractivity contribution in [1.29, 1.82) is 0 Å². The summed E-state index contributed by atoms with van der Waals surface area (Å²) in [6.07, 6.45) is -1.56. The highest BCUT2D eigenvalue weighted by Crippen LogP contribution is 2.51. The van der Waals surface area contributed by atoms with Crippen molar-refractivity contribution >= 4 is 23.3 Å². The molecule has 6 rings (SSSR count). The lowest BCUT2D eigenvalue weighted by Gasteiger charge is -2.30. The number of hydrogen-bond acceptors (Lipinski definition) is 4. The molecule has 1 aliphatic rings. The van der Waals surface area contributed by atoms with Gasteiger partial charge in [-0.1, -0.05) is 78.9 Å². The van der Waals surface area contributed by atoms with Crippen LogP contribution in [0.5, 0.6) is 0 Å². The number of nitrogens with zero attached hydrogens (tertiary/aromatic N) is 2. The number of pyridine rings is 1. The molecule has 4 aromatic carbocycles. The van der Waals surface area contributed by atoms with Gasteiger partial charge in [0.1, 0.15) is 5.82 Å². The molecule has 46 heavy (non-hydrogen) atoms. The van der Waals surface area contributed by atoms with Crippen molar-refractivity contribution in [2.24, 2.45) is 5.73 Å². The zero-order valence-corrected chi connectivity index (χ0v) is 25.0. The lowest BCUT2D eigenvalue weighted by atomic mass is 9.74. The van der Waals surface area contributed by atoms with Crippen LogP contribution < -0.4 is 16.0 Å². The molecule has 1 aromatic heterocycles. The van der Waals surface area contributed by atoms with E-state index in [2.05, 4.69) is 10.3 Å². The molecule has 5 aromatic rings. The third-order valence-corrected chi connectivity index (χ3v) is 8.65. The Bertz CT molecular complexity index is 1860. The maximum Gasteiger partial charge on any atom is 0.416 e. The highest BCUT2D eigenvalue weighted by molar-refractivity contribution is 6.08. The Morgan fingerprint density at radius 2 is 1.39 bits per heavy atom. The van der Waals surface area contributed by atoms with Gasteiger partial charge in [0.2, 0.25) is 5.91 Å². The van der Waals surface area contributed by atoms with Crippen LogP contribution in [0.4, 0.5) is 24.7 Å². The van der Waals surface area contributed by atoms with Crippen LogP contribution in [-0.2, 0) is 16.4 Å². The summed E-state index contributed by atoms with van der Waals surface area (Å²) in [6.45, 7) is 0.632. The number of aromatic nitrogens is 1. The van der Waals surface area contributed by atoms with Crippen molar-refractivity contribution in [2.75, 3.05) is 23.8 Å². The fourth-order valence-corrected chi connectivity index (χ4v) is 6.33. The zero-order valence-electron chi connectivity index (χ0n) is 25.0. The Hall–Kier alpha value is -5.44. The number of benzene rings is 4. The molecule has 0 fully saturated rings. The summed E-state index contributed by atoms with van der Waals surface area (Å²) in [5.74, 6) is -0.469. The van der Waals surface area contributed by atoms with Gasteiger partial charge in [-0.3, -0.25) is 9.59 Å². The average molecular weight is 621 g/mol. The first-order chi connectivity index (χ1) is 22.1. The van der Waals surface area contributed by atoms with Crippen molar-refractivity contribution in [3.8, 4) is 22.3 Å².